The van der Waals surface area contributed by atoms with Gasteiger partial charge in [0.1, 0.15) is 4.90 Å². The van der Waals surface area contributed by atoms with Crippen LogP contribution in [-0.4, -0.2) is 62.0 Å². The van der Waals surface area contributed by atoms with Crippen molar-refractivity contribution in [3.8, 4) is 11.5 Å². The topological polar surface area (TPSA) is 72.0 Å². The highest BCUT2D eigenvalue weighted by Crippen LogP contribution is 2.38. The van der Waals surface area contributed by atoms with E-state index in [0.717, 1.165) is 22.9 Å². The van der Waals surface area contributed by atoms with Crippen molar-refractivity contribution in [3.63, 3.8) is 0 Å². The van der Waals surface area contributed by atoms with Crippen LogP contribution in [0.2, 0.25) is 5.02 Å². The molecule has 7 nitrogen and oxygen atoms in total. The first kappa shape index (κ1) is 22.4. The largest absolute Gasteiger partial charge is 0.489 e. The van der Waals surface area contributed by atoms with Gasteiger partial charge in [-0.25, -0.2) is 8.42 Å². The molecule has 2 aliphatic heterocycles. The van der Waals surface area contributed by atoms with Crippen molar-refractivity contribution in [3.05, 3.63) is 58.7 Å². The van der Waals surface area contributed by atoms with E-state index in [2.05, 4.69) is 9.88 Å². The number of nitrogens with zero attached hydrogens (tertiary/aromatic N) is 3. The molecule has 1 aromatic heterocycles. The zero-order chi connectivity index (χ0) is 23.0. The van der Waals surface area contributed by atoms with Crippen molar-refractivity contribution in [2.75, 3.05) is 39.4 Å². The molecule has 0 spiro atoms. The number of fused-ring (bicyclic) bond motifs is 2. The average molecular weight is 488 g/mol. The van der Waals surface area contributed by atoms with E-state index >= 15 is 0 Å². The Balaban J connectivity index is 1.30. The Morgan fingerprint density at radius 2 is 1.85 bits per heavy atom. The van der Waals surface area contributed by atoms with Crippen LogP contribution in [0.5, 0.6) is 11.5 Å². The van der Waals surface area contributed by atoms with Crippen molar-refractivity contribution in [1.29, 1.82) is 0 Å². The fourth-order valence-electron chi connectivity index (χ4n) is 4.35. The normalized spacial score (nSPS) is 17.8. The maximum Gasteiger partial charge on any atom is 0.245 e. The average Bonchev–Trinajstić information content (AvgIpc) is 3.05. The molecular weight excluding hydrogens is 462 g/mol. The van der Waals surface area contributed by atoms with Gasteiger partial charge in [0.25, 0.3) is 0 Å². The van der Waals surface area contributed by atoms with Crippen LogP contribution in [0.4, 0.5) is 0 Å². The molecule has 9 heteroatoms. The Labute approximate surface area is 198 Å². The van der Waals surface area contributed by atoms with Crippen LogP contribution in [0, 0.1) is 6.92 Å². The molecule has 0 N–H and O–H groups in total. The van der Waals surface area contributed by atoms with Crippen molar-refractivity contribution in [1.82, 2.24) is 14.2 Å². The molecule has 3 heterocycles. The lowest BCUT2D eigenvalue weighted by Crippen LogP contribution is -2.48. The number of aromatic nitrogens is 1. The van der Waals surface area contributed by atoms with Gasteiger partial charge in [-0.1, -0.05) is 23.7 Å². The number of aryl methyl sites for hydroxylation is 1. The van der Waals surface area contributed by atoms with Crippen LogP contribution in [-0.2, 0) is 16.6 Å². The van der Waals surface area contributed by atoms with E-state index < -0.39 is 10.0 Å². The molecule has 0 aliphatic carbocycles. The molecule has 0 bridgehead atoms. The molecule has 0 saturated carbocycles. The Kier molecular flexibility index (Phi) is 6.18. The van der Waals surface area contributed by atoms with Gasteiger partial charge in [-0.3, -0.25) is 9.88 Å². The lowest BCUT2D eigenvalue weighted by Gasteiger charge is -2.34. The number of para-hydroxylation sites is 1. The van der Waals surface area contributed by atoms with Crippen molar-refractivity contribution in [2.24, 2.45) is 0 Å². The summed E-state index contributed by atoms with van der Waals surface area (Å²) in [5, 5.41) is 1.38. The van der Waals surface area contributed by atoms with Crippen molar-refractivity contribution < 1.29 is 17.9 Å². The van der Waals surface area contributed by atoms with Crippen LogP contribution in [0.1, 0.15) is 17.5 Å². The van der Waals surface area contributed by atoms with Crippen LogP contribution in [0.15, 0.2) is 47.5 Å². The number of rotatable bonds is 4. The number of halogens is 1. The summed E-state index contributed by atoms with van der Waals surface area (Å²) < 4.78 is 39.9. The predicted molar refractivity (Wildman–Crippen MR) is 128 cm³/mol. The van der Waals surface area contributed by atoms with Crippen molar-refractivity contribution in [2.45, 2.75) is 24.8 Å². The Hall–Kier alpha value is -2.39. The van der Waals surface area contributed by atoms with Gasteiger partial charge in [0.2, 0.25) is 10.0 Å². The maximum atomic E-state index is 13.4. The number of piperazine rings is 1. The van der Waals surface area contributed by atoms with E-state index in [0.29, 0.717) is 68.0 Å². The molecule has 1 fully saturated rings. The number of benzene rings is 2. The molecule has 2 aromatic carbocycles. The van der Waals surface area contributed by atoms with Crippen LogP contribution >= 0.6 is 11.6 Å². The number of ether oxygens (including phenoxy) is 2. The van der Waals surface area contributed by atoms with E-state index in [1.165, 1.54) is 0 Å². The second-order valence-electron chi connectivity index (χ2n) is 8.48. The summed E-state index contributed by atoms with van der Waals surface area (Å²) in [7, 11) is -3.63. The molecule has 1 saturated heterocycles. The minimum Gasteiger partial charge on any atom is -0.489 e. The van der Waals surface area contributed by atoms with E-state index in [9.17, 15) is 8.42 Å². The number of pyridine rings is 1. The third-order valence-corrected chi connectivity index (χ3v) is 8.24. The second-order valence-corrected chi connectivity index (χ2v) is 10.8. The van der Waals surface area contributed by atoms with Gasteiger partial charge < -0.3 is 9.47 Å². The van der Waals surface area contributed by atoms with E-state index in [-0.39, 0.29) is 4.90 Å². The molecule has 0 unspecified atom stereocenters. The van der Waals surface area contributed by atoms with Crippen LogP contribution in [0.3, 0.4) is 0 Å². The fraction of sp³-hybridized carbons (Fsp3) is 0.375. The molecule has 0 amide bonds. The van der Waals surface area contributed by atoms with E-state index in [1.54, 1.807) is 22.6 Å². The monoisotopic (exact) mass is 487 g/mol. The lowest BCUT2D eigenvalue weighted by molar-refractivity contribution is 0.181. The Bertz CT molecular complexity index is 1290. The highest BCUT2D eigenvalue weighted by Gasteiger charge is 2.30. The van der Waals surface area contributed by atoms with Crippen LogP contribution < -0.4 is 9.47 Å². The SMILES string of the molecule is Cc1cnc2c(S(=O)(=O)N3CCN(Cc4cc(Cl)c5c(c4)OCCCO5)CC3)cccc2c1. The summed E-state index contributed by atoms with van der Waals surface area (Å²) in [5.41, 5.74) is 2.54. The standard InChI is InChI=1S/C24H26ClN3O4S/c1-17-12-19-4-2-5-22(23(19)26-15-17)33(29,30)28-8-6-27(7-9-28)16-18-13-20(25)24-21(14-18)31-10-3-11-32-24/h2,4-5,12-15H,3,6-11,16H2,1H3. The highest BCUT2D eigenvalue weighted by molar-refractivity contribution is 7.89. The number of hydrogen-bond donors (Lipinski definition) is 0. The minimum absolute atomic E-state index is 0.267. The lowest BCUT2D eigenvalue weighted by atomic mass is 10.1. The first-order chi connectivity index (χ1) is 15.9. The van der Waals surface area contributed by atoms with Crippen molar-refractivity contribution >= 4 is 32.5 Å². The number of hydrogen-bond acceptors (Lipinski definition) is 6. The molecule has 3 aromatic rings. The Morgan fingerprint density at radius 3 is 2.67 bits per heavy atom. The predicted octanol–water partition coefficient (Wildman–Crippen LogP) is 3.86. The van der Waals surface area contributed by atoms with E-state index in [4.69, 9.17) is 21.1 Å². The van der Waals surface area contributed by atoms with Gasteiger partial charge in [-0.2, -0.15) is 4.31 Å². The fourth-order valence-corrected chi connectivity index (χ4v) is 6.23. The second kappa shape index (κ2) is 9.10. The molecule has 0 radical (unpaired) electrons. The highest BCUT2D eigenvalue weighted by atomic mass is 35.5. The molecule has 5 rings (SSSR count). The molecule has 174 valence electrons. The van der Waals surface area contributed by atoms with Gasteiger partial charge in [0.15, 0.2) is 11.5 Å². The molecule has 2 aliphatic rings. The molecule has 0 atom stereocenters. The zero-order valence-corrected chi connectivity index (χ0v) is 20.0. The van der Waals surface area contributed by atoms with Gasteiger partial charge in [0.05, 0.1) is 23.8 Å². The zero-order valence-electron chi connectivity index (χ0n) is 18.5. The summed E-state index contributed by atoms with van der Waals surface area (Å²) in [6.07, 6.45) is 2.53. The van der Waals surface area contributed by atoms with Gasteiger partial charge in [-0.05, 0) is 42.3 Å². The first-order valence-electron chi connectivity index (χ1n) is 11.1. The smallest absolute Gasteiger partial charge is 0.245 e. The summed E-state index contributed by atoms with van der Waals surface area (Å²) in [6.45, 7) is 5.90. The quantitative estimate of drug-likeness (QED) is 0.556. The van der Waals surface area contributed by atoms with Gasteiger partial charge >= 0.3 is 0 Å². The Morgan fingerprint density at radius 1 is 1.06 bits per heavy atom. The third-order valence-electron chi connectivity index (χ3n) is 6.03. The summed E-state index contributed by atoms with van der Waals surface area (Å²) in [4.78, 5) is 6.91. The first-order valence-corrected chi connectivity index (χ1v) is 12.9. The minimum atomic E-state index is -3.63. The van der Waals surface area contributed by atoms with Gasteiger partial charge in [-0.15, -0.1) is 0 Å². The molecular formula is C24H26ClN3O4S. The van der Waals surface area contributed by atoms with E-state index in [1.807, 2.05) is 31.2 Å². The summed E-state index contributed by atoms with van der Waals surface area (Å²) >= 11 is 6.43. The summed E-state index contributed by atoms with van der Waals surface area (Å²) in [6, 6.07) is 11.2. The van der Waals surface area contributed by atoms with Gasteiger partial charge in [0, 0.05) is 50.7 Å². The maximum absolute atomic E-state index is 13.4. The summed E-state index contributed by atoms with van der Waals surface area (Å²) in [5.74, 6) is 1.28. The number of sulfonamides is 1. The van der Waals surface area contributed by atoms with Crippen LogP contribution in [0.25, 0.3) is 10.9 Å². The molecule has 33 heavy (non-hydrogen) atoms. The third kappa shape index (κ3) is 4.53.